The molecule has 80 valence electrons. The number of likely N-dealkylation sites (tertiary alicyclic amines) is 1. The van der Waals surface area contributed by atoms with Crippen molar-refractivity contribution in [3.63, 3.8) is 0 Å². The van der Waals surface area contributed by atoms with Crippen molar-refractivity contribution >= 4 is 17.5 Å². The minimum atomic E-state index is -0.590. The van der Waals surface area contributed by atoms with Gasteiger partial charge in [-0.15, -0.1) is 0 Å². The maximum atomic E-state index is 13.4. The first-order valence-electron chi connectivity index (χ1n) is 4.58. The van der Waals surface area contributed by atoms with E-state index in [9.17, 15) is 9.18 Å². The Morgan fingerprint density at radius 2 is 2.20 bits per heavy atom. The summed E-state index contributed by atoms with van der Waals surface area (Å²) in [6.07, 6.45) is 0. The van der Waals surface area contributed by atoms with Crippen LogP contribution in [-0.2, 0) is 0 Å². The molecule has 0 radical (unpaired) electrons. The highest BCUT2D eigenvalue weighted by Gasteiger charge is 2.30. The summed E-state index contributed by atoms with van der Waals surface area (Å²) in [5.41, 5.74) is 5.48. The van der Waals surface area contributed by atoms with Gasteiger partial charge in [-0.25, -0.2) is 4.39 Å². The van der Waals surface area contributed by atoms with Gasteiger partial charge in [0.15, 0.2) is 0 Å². The Balaban J connectivity index is 2.26. The van der Waals surface area contributed by atoms with Crippen LogP contribution in [0.3, 0.4) is 0 Å². The van der Waals surface area contributed by atoms with Crippen LogP contribution in [0.25, 0.3) is 0 Å². The Morgan fingerprint density at radius 3 is 2.73 bits per heavy atom. The van der Waals surface area contributed by atoms with Crippen molar-refractivity contribution in [3.8, 4) is 0 Å². The fourth-order valence-corrected chi connectivity index (χ4v) is 1.78. The number of halogens is 2. The largest absolute Gasteiger partial charge is 0.335 e. The molecule has 0 aromatic heterocycles. The van der Waals surface area contributed by atoms with Crippen molar-refractivity contribution in [2.45, 2.75) is 6.04 Å². The quantitative estimate of drug-likeness (QED) is 0.787. The molecule has 1 amide bonds. The lowest BCUT2D eigenvalue weighted by molar-refractivity contribution is 0.0603. The van der Waals surface area contributed by atoms with Crippen LogP contribution in [0.4, 0.5) is 4.39 Å². The minimum Gasteiger partial charge on any atom is -0.335 e. The Morgan fingerprint density at radius 1 is 1.53 bits per heavy atom. The van der Waals surface area contributed by atoms with Crippen molar-refractivity contribution in [1.29, 1.82) is 0 Å². The highest BCUT2D eigenvalue weighted by molar-refractivity contribution is 6.33. The second kappa shape index (κ2) is 3.79. The fourth-order valence-electron chi connectivity index (χ4n) is 1.54. The van der Waals surface area contributed by atoms with Gasteiger partial charge in [-0.3, -0.25) is 4.79 Å². The van der Waals surface area contributed by atoms with Gasteiger partial charge in [0.2, 0.25) is 0 Å². The monoisotopic (exact) mass is 228 g/mol. The van der Waals surface area contributed by atoms with Crippen molar-refractivity contribution < 1.29 is 9.18 Å². The van der Waals surface area contributed by atoms with Crippen LogP contribution < -0.4 is 5.73 Å². The van der Waals surface area contributed by atoms with Crippen LogP contribution in [0.5, 0.6) is 0 Å². The first-order valence-corrected chi connectivity index (χ1v) is 4.96. The Hall–Kier alpha value is -1.13. The molecule has 1 aromatic rings. The molecule has 15 heavy (non-hydrogen) atoms. The Kier molecular flexibility index (Phi) is 2.63. The van der Waals surface area contributed by atoms with E-state index in [1.807, 2.05) is 0 Å². The minimum absolute atomic E-state index is 0.000464. The van der Waals surface area contributed by atoms with E-state index in [2.05, 4.69) is 0 Å². The molecule has 5 heteroatoms. The van der Waals surface area contributed by atoms with Crippen molar-refractivity contribution in [3.05, 3.63) is 34.6 Å². The predicted molar refractivity (Wildman–Crippen MR) is 55.3 cm³/mol. The normalized spacial score (nSPS) is 16.3. The second-order valence-electron chi connectivity index (χ2n) is 3.57. The van der Waals surface area contributed by atoms with E-state index >= 15 is 0 Å². The second-order valence-corrected chi connectivity index (χ2v) is 3.97. The average molecular weight is 229 g/mol. The van der Waals surface area contributed by atoms with Gasteiger partial charge < -0.3 is 10.6 Å². The number of benzene rings is 1. The number of carbonyl (C=O) groups excluding carboxylic acids is 1. The molecule has 2 rings (SSSR count). The van der Waals surface area contributed by atoms with Gasteiger partial charge in [0.05, 0.1) is 10.6 Å². The summed E-state index contributed by atoms with van der Waals surface area (Å²) in [6, 6.07) is 4.19. The molecular formula is C10H10ClFN2O. The molecule has 0 saturated carbocycles. The number of nitrogens with zero attached hydrogens (tertiary/aromatic N) is 1. The van der Waals surface area contributed by atoms with E-state index in [1.54, 1.807) is 0 Å². The molecule has 0 spiro atoms. The van der Waals surface area contributed by atoms with Crippen LogP contribution in [0.15, 0.2) is 18.2 Å². The van der Waals surface area contributed by atoms with Crippen molar-refractivity contribution in [2.75, 3.05) is 13.1 Å². The number of carbonyl (C=O) groups is 1. The molecule has 1 aliphatic heterocycles. The third-order valence-corrected chi connectivity index (χ3v) is 2.69. The number of nitrogens with two attached hydrogens (primary N) is 1. The topological polar surface area (TPSA) is 46.3 Å². The molecule has 0 bridgehead atoms. The van der Waals surface area contributed by atoms with Crippen LogP contribution in [0, 0.1) is 5.82 Å². The van der Waals surface area contributed by atoms with Gasteiger partial charge in [0, 0.05) is 19.1 Å². The molecule has 2 N–H and O–H groups in total. The molecule has 0 atom stereocenters. The van der Waals surface area contributed by atoms with Crippen LogP contribution >= 0.6 is 11.6 Å². The average Bonchev–Trinajstić information content (AvgIpc) is 2.12. The summed E-state index contributed by atoms with van der Waals surface area (Å²) >= 11 is 5.77. The zero-order valence-electron chi connectivity index (χ0n) is 7.91. The van der Waals surface area contributed by atoms with Gasteiger partial charge in [-0.1, -0.05) is 17.7 Å². The lowest BCUT2D eigenvalue weighted by Gasteiger charge is -2.37. The van der Waals surface area contributed by atoms with E-state index in [-0.39, 0.29) is 22.5 Å². The molecular weight excluding hydrogens is 219 g/mol. The molecule has 0 aliphatic carbocycles. The summed E-state index contributed by atoms with van der Waals surface area (Å²) < 4.78 is 13.4. The number of hydrogen-bond acceptors (Lipinski definition) is 2. The first-order chi connectivity index (χ1) is 7.09. The lowest BCUT2D eigenvalue weighted by Crippen LogP contribution is -2.58. The summed E-state index contributed by atoms with van der Waals surface area (Å²) in [4.78, 5) is 13.2. The molecule has 1 fully saturated rings. The fraction of sp³-hybridized carbons (Fsp3) is 0.300. The van der Waals surface area contributed by atoms with Crippen LogP contribution in [0.1, 0.15) is 10.4 Å². The summed E-state index contributed by atoms with van der Waals surface area (Å²) in [6.45, 7) is 0.924. The predicted octanol–water partition coefficient (Wildman–Crippen LogP) is 1.26. The maximum Gasteiger partial charge on any atom is 0.258 e. The number of hydrogen-bond donors (Lipinski definition) is 1. The highest BCUT2D eigenvalue weighted by atomic mass is 35.5. The van der Waals surface area contributed by atoms with Crippen LogP contribution in [-0.4, -0.2) is 29.9 Å². The van der Waals surface area contributed by atoms with Gasteiger partial charge in [-0.2, -0.15) is 0 Å². The summed E-state index contributed by atoms with van der Waals surface area (Å²) in [7, 11) is 0. The van der Waals surface area contributed by atoms with Crippen molar-refractivity contribution in [2.24, 2.45) is 5.73 Å². The molecule has 0 unspecified atom stereocenters. The molecule has 1 heterocycles. The molecule has 3 nitrogen and oxygen atoms in total. The number of amides is 1. The zero-order chi connectivity index (χ0) is 11.0. The van der Waals surface area contributed by atoms with Gasteiger partial charge in [-0.05, 0) is 12.1 Å². The van der Waals surface area contributed by atoms with E-state index in [0.29, 0.717) is 13.1 Å². The van der Waals surface area contributed by atoms with Gasteiger partial charge in [0.1, 0.15) is 5.82 Å². The summed E-state index contributed by atoms with van der Waals surface area (Å²) in [5, 5.41) is 0.139. The maximum absolute atomic E-state index is 13.4. The lowest BCUT2D eigenvalue weighted by atomic mass is 10.1. The van der Waals surface area contributed by atoms with E-state index in [0.717, 1.165) is 0 Å². The summed E-state index contributed by atoms with van der Waals surface area (Å²) in [5.74, 6) is -0.979. The Labute approximate surface area is 91.6 Å². The first kappa shape index (κ1) is 10.4. The smallest absolute Gasteiger partial charge is 0.258 e. The van der Waals surface area contributed by atoms with Crippen LogP contribution in [0.2, 0.25) is 5.02 Å². The number of rotatable bonds is 1. The SMILES string of the molecule is NC1CN(C(=O)c2c(F)cccc2Cl)C1. The molecule has 1 aliphatic rings. The van der Waals surface area contributed by atoms with Crippen molar-refractivity contribution in [1.82, 2.24) is 4.90 Å². The third-order valence-electron chi connectivity index (χ3n) is 2.37. The van der Waals surface area contributed by atoms with E-state index in [4.69, 9.17) is 17.3 Å². The van der Waals surface area contributed by atoms with Gasteiger partial charge in [0.25, 0.3) is 5.91 Å². The molecule has 1 saturated heterocycles. The zero-order valence-corrected chi connectivity index (χ0v) is 8.67. The van der Waals surface area contributed by atoms with E-state index < -0.39 is 5.82 Å². The highest BCUT2D eigenvalue weighted by Crippen LogP contribution is 2.22. The Bertz CT molecular complexity index is 384. The third kappa shape index (κ3) is 1.82. The van der Waals surface area contributed by atoms with Gasteiger partial charge >= 0.3 is 0 Å². The standard InChI is InChI=1S/C10H10ClFN2O/c11-7-2-1-3-8(12)9(7)10(15)14-4-6(13)5-14/h1-3,6H,4-5,13H2. The molecule has 1 aromatic carbocycles. The van der Waals surface area contributed by atoms with E-state index in [1.165, 1.54) is 23.1 Å².